The van der Waals surface area contributed by atoms with Gasteiger partial charge in [-0.2, -0.15) is 4.98 Å². The first-order chi connectivity index (χ1) is 21.3. The van der Waals surface area contributed by atoms with E-state index in [1.54, 1.807) is 43.3 Å². The molecule has 0 aliphatic heterocycles. The third-order valence-corrected chi connectivity index (χ3v) is 9.23. The maximum Gasteiger partial charge on any atom is 0.263 e. The lowest BCUT2D eigenvalue weighted by Gasteiger charge is -2.19. The number of para-hydroxylation sites is 2. The summed E-state index contributed by atoms with van der Waals surface area (Å²) in [5.41, 5.74) is 0.875. The van der Waals surface area contributed by atoms with E-state index >= 15 is 0 Å². The zero-order chi connectivity index (χ0) is 32.7. The number of ether oxygens (including phenoxy) is 3. The Hall–Kier alpha value is -4.34. The van der Waals surface area contributed by atoms with Crippen molar-refractivity contribution in [3.8, 4) is 34.6 Å². The number of methoxy groups -OCH3 is 1. The number of hydrogen-bond acceptors (Lipinski definition) is 11. The Bertz CT molecular complexity index is 1830. The fraction of sp³-hybridized carbons (Fsp3) is 0.333. The van der Waals surface area contributed by atoms with E-state index in [9.17, 15) is 16.8 Å². The highest BCUT2D eigenvalue weighted by molar-refractivity contribution is 7.92. The highest BCUT2D eigenvalue weighted by Gasteiger charge is 2.24. The second-order valence-corrected chi connectivity index (χ2v) is 14.5. The summed E-state index contributed by atoms with van der Waals surface area (Å²) in [6, 6.07) is 15.1. The van der Waals surface area contributed by atoms with Crippen molar-refractivity contribution in [2.75, 3.05) is 30.7 Å². The molecule has 2 N–H and O–H groups in total. The number of rotatable bonds is 14. The fourth-order valence-corrected chi connectivity index (χ4v) is 5.67. The maximum absolute atomic E-state index is 13.5. The topological polar surface area (TPSA) is 172 Å². The van der Waals surface area contributed by atoms with Gasteiger partial charge in [-0.1, -0.05) is 45.0 Å². The zero-order valence-corrected chi connectivity index (χ0v) is 27.3. The van der Waals surface area contributed by atoms with Crippen molar-refractivity contribution in [1.82, 2.24) is 24.7 Å². The van der Waals surface area contributed by atoms with Gasteiger partial charge in [0.1, 0.15) is 11.9 Å². The summed E-state index contributed by atoms with van der Waals surface area (Å²) >= 11 is 0. The molecule has 0 atom stereocenters. The van der Waals surface area contributed by atoms with Crippen molar-refractivity contribution < 1.29 is 31.0 Å². The summed E-state index contributed by atoms with van der Waals surface area (Å²) < 4.78 is 72.7. The number of aromatic nitrogens is 4. The summed E-state index contributed by atoms with van der Waals surface area (Å²) in [7, 11) is -5.97. The van der Waals surface area contributed by atoms with Crippen LogP contribution in [0, 0.1) is 0 Å². The highest BCUT2D eigenvalue weighted by Crippen LogP contribution is 2.35. The van der Waals surface area contributed by atoms with Crippen molar-refractivity contribution >= 4 is 25.9 Å². The smallest absolute Gasteiger partial charge is 0.263 e. The molecule has 0 amide bonds. The summed E-state index contributed by atoms with van der Waals surface area (Å²) in [5.74, 6) is 0.857. The van der Waals surface area contributed by atoms with E-state index in [-0.39, 0.29) is 58.2 Å². The Kier molecular flexibility index (Phi) is 10.6. The summed E-state index contributed by atoms with van der Waals surface area (Å²) in [6.07, 6.45) is 2.89. The lowest BCUT2D eigenvalue weighted by atomic mass is 9.87. The van der Waals surface area contributed by atoms with Crippen LogP contribution in [0.1, 0.15) is 39.7 Å². The Balaban J connectivity index is 1.69. The summed E-state index contributed by atoms with van der Waals surface area (Å²) in [5, 5.41) is 0. The molecule has 45 heavy (non-hydrogen) atoms. The average Bonchev–Trinajstić information content (AvgIpc) is 3.01. The molecule has 0 saturated heterocycles. The van der Waals surface area contributed by atoms with Gasteiger partial charge in [-0.15, -0.1) is 0 Å². The van der Waals surface area contributed by atoms with Crippen molar-refractivity contribution in [2.45, 2.75) is 44.4 Å². The molecule has 0 radical (unpaired) electrons. The lowest BCUT2D eigenvalue weighted by Crippen LogP contribution is -2.27. The number of anilines is 1. The molecule has 2 heterocycles. The summed E-state index contributed by atoms with van der Waals surface area (Å²) in [6.45, 7) is 7.84. The van der Waals surface area contributed by atoms with Crippen molar-refractivity contribution in [2.24, 2.45) is 0 Å². The average molecular weight is 657 g/mol. The van der Waals surface area contributed by atoms with Gasteiger partial charge in [0.05, 0.1) is 24.4 Å². The number of nitrogens with zero attached hydrogens (tertiary/aromatic N) is 4. The van der Waals surface area contributed by atoms with Crippen LogP contribution in [0.4, 0.5) is 5.82 Å². The SMILES string of the molecule is CCS(=O)(=O)NCCCOc1ncnc(NS(=O)(=O)c2ccc(C(C)(C)C)cc2)c1-c1nccc(Oc2ccccc2OC)n1. The van der Waals surface area contributed by atoms with Crippen molar-refractivity contribution in [3.63, 3.8) is 0 Å². The molecule has 0 fully saturated rings. The molecule has 0 saturated carbocycles. The standard InChI is InChI=1S/C30H36N6O7S2/c1-6-44(37,38)34-17-9-19-42-29-26(27-31-18-16-25(35-27)43-24-11-8-7-10-23(24)41-5)28(32-20-33-29)36-45(39,40)22-14-12-21(13-15-22)30(2,3)4/h7-8,10-16,18,20,34H,6,9,17,19H2,1-5H3,(H,32,33,36). The molecule has 0 unspecified atom stereocenters. The maximum atomic E-state index is 13.5. The van der Waals surface area contributed by atoms with Crippen LogP contribution in [0.25, 0.3) is 11.4 Å². The predicted molar refractivity (Wildman–Crippen MR) is 170 cm³/mol. The minimum absolute atomic E-state index is 0.0152. The van der Waals surface area contributed by atoms with Gasteiger partial charge < -0.3 is 14.2 Å². The van der Waals surface area contributed by atoms with E-state index in [0.29, 0.717) is 17.9 Å². The molecule has 2 aromatic carbocycles. The molecular weight excluding hydrogens is 620 g/mol. The van der Waals surface area contributed by atoms with Crippen molar-refractivity contribution in [3.05, 3.63) is 72.7 Å². The third-order valence-electron chi connectivity index (χ3n) is 6.47. The van der Waals surface area contributed by atoms with Crippen LogP contribution in [0.15, 0.2) is 72.0 Å². The quantitative estimate of drug-likeness (QED) is 0.183. The normalized spacial score (nSPS) is 12.0. The number of nitrogens with one attached hydrogen (secondary N) is 2. The van der Waals surface area contributed by atoms with E-state index in [2.05, 4.69) is 29.4 Å². The van der Waals surface area contributed by atoms with Crippen LogP contribution in [0.5, 0.6) is 23.3 Å². The predicted octanol–water partition coefficient (Wildman–Crippen LogP) is 4.54. The van der Waals surface area contributed by atoms with Gasteiger partial charge in [0.15, 0.2) is 23.1 Å². The second-order valence-electron chi connectivity index (χ2n) is 10.8. The molecule has 0 bridgehead atoms. The molecule has 2 aromatic heterocycles. The highest BCUT2D eigenvalue weighted by atomic mass is 32.2. The van der Waals surface area contributed by atoms with Crippen LogP contribution in [0.2, 0.25) is 0 Å². The van der Waals surface area contributed by atoms with Gasteiger partial charge in [-0.05, 0) is 48.6 Å². The van der Waals surface area contributed by atoms with Gasteiger partial charge in [-0.25, -0.2) is 36.5 Å². The monoisotopic (exact) mass is 656 g/mol. The Morgan fingerprint density at radius 2 is 1.60 bits per heavy atom. The number of benzene rings is 2. The molecule has 13 nitrogen and oxygen atoms in total. The van der Waals surface area contributed by atoms with Crippen LogP contribution in [0.3, 0.4) is 0 Å². The molecule has 4 rings (SSSR count). The zero-order valence-electron chi connectivity index (χ0n) is 25.6. The van der Waals surface area contributed by atoms with Crippen LogP contribution in [-0.2, 0) is 25.5 Å². The van der Waals surface area contributed by atoms with Crippen molar-refractivity contribution in [1.29, 1.82) is 0 Å². The molecule has 15 heteroatoms. The van der Waals surface area contributed by atoms with Crippen LogP contribution < -0.4 is 23.7 Å². The first-order valence-electron chi connectivity index (χ1n) is 14.1. The Morgan fingerprint density at radius 1 is 0.889 bits per heavy atom. The van der Waals surface area contributed by atoms with Gasteiger partial charge in [-0.3, -0.25) is 4.72 Å². The largest absolute Gasteiger partial charge is 0.493 e. The van der Waals surface area contributed by atoms with Crippen LogP contribution >= 0.6 is 0 Å². The molecule has 0 aliphatic rings. The van der Waals surface area contributed by atoms with Gasteiger partial charge in [0.2, 0.25) is 21.8 Å². The molecule has 240 valence electrons. The summed E-state index contributed by atoms with van der Waals surface area (Å²) in [4.78, 5) is 17.3. The van der Waals surface area contributed by atoms with E-state index in [1.807, 2.05) is 20.8 Å². The lowest BCUT2D eigenvalue weighted by molar-refractivity contribution is 0.300. The minimum atomic E-state index is -4.11. The first kappa shape index (κ1) is 33.6. The van der Waals surface area contributed by atoms with Gasteiger partial charge >= 0.3 is 0 Å². The minimum Gasteiger partial charge on any atom is -0.493 e. The Labute approximate surface area is 263 Å². The number of sulfonamides is 2. The van der Waals surface area contributed by atoms with Gasteiger partial charge in [0.25, 0.3) is 10.0 Å². The molecular formula is C30H36N6O7S2. The molecule has 0 aliphatic carbocycles. The Morgan fingerprint density at radius 3 is 2.27 bits per heavy atom. The van der Waals surface area contributed by atoms with E-state index in [1.165, 1.54) is 31.5 Å². The van der Waals surface area contributed by atoms with E-state index in [4.69, 9.17) is 14.2 Å². The van der Waals surface area contributed by atoms with Gasteiger partial charge in [0, 0.05) is 18.8 Å². The van der Waals surface area contributed by atoms with Crippen LogP contribution in [-0.4, -0.2) is 62.8 Å². The van der Waals surface area contributed by atoms with E-state index in [0.717, 1.165) is 11.9 Å². The molecule has 4 aromatic rings. The number of hydrogen-bond donors (Lipinski definition) is 2. The third kappa shape index (κ3) is 8.86. The second kappa shape index (κ2) is 14.2. The first-order valence-corrected chi connectivity index (χ1v) is 17.2. The van der Waals surface area contributed by atoms with E-state index < -0.39 is 20.0 Å². The fourth-order valence-electron chi connectivity index (χ4n) is 3.98. The molecule has 0 spiro atoms.